The lowest BCUT2D eigenvalue weighted by molar-refractivity contribution is 0.222. The Kier molecular flexibility index (Phi) is 2.80. The van der Waals surface area contributed by atoms with Gasteiger partial charge in [-0.25, -0.2) is 0 Å². The summed E-state index contributed by atoms with van der Waals surface area (Å²) in [7, 11) is 0. The molecular weight excluding hydrogens is 222 g/mol. The van der Waals surface area contributed by atoms with Crippen molar-refractivity contribution in [3.8, 4) is 5.75 Å². The van der Waals surface area contributed by atoms with E-state index in [0.29, 0.717) is 18.6 Å². The smallest absolute Gasteiger partial charge is 0.123 e. The lowest BCUT2D eigenvalue weighted by Gasteiger charge is -2.39. The van der Waals surface area contributed by atoms with Crippen molar-refractivity contribution in [2.75, 3.05) is 13.2 Å². The van der Waals surface area contributed by atoms with Crippen LogP contribution in [0.4, 0.5) is 0 Å². The Bertz CT molecular complexity index is 530. The highest BCUT2D eigenvalue weighted by Crippen LogP contribution is 2.41. The first-order chi connectivity index (χ1) is 8.85. The maximum absolute atomic E-state index is 5.81. The Labute approximate surface area is 108 Å². The molecule has 1 N–H and O–H groups in total. The number of allylic oxidation sites excluding steroid dienone is 1. The lowest BCUT2D eigenvalue weighted by atomic mass is 9.78. The van der Waals surface area contributed by atoms with Crippen molar-refractivity contribution < 1.29 is 4.74 Å². The normalized spacial score (nSPS) is 25.8. The molecule has 0 radical (unpaired) electrons. The van der Waals surface area contributed by atoms with Gasteiger partial charge in [0.2, 0.25) is 0 Å². The van der Waals surface area contributed by atoms with Crippen molar-refractivity contribution in [1.29, 1.82) is 0 Å². The molecule has 2 unspecified atom stereocenters. The number of fused-ring (bicyclic) bond motifs is 3. The standard InChI is InChI=1S/C16H17NO/c1-3-11-9-17-14-10-18-15-8-6-5-7-13(15)16(14)12(11)4-2/h3-8,14,16-17H,1-2,9-10H2. The predicted octanol–water partition coefficient (Wildman–Crippen LogP) is 2.80. The van der Waals surface area contributed by atoms with E-state index in [1.165, 1.54) is 16.7 Å². The summed E-state index contributed by atoms with van der Waals surface area (Å²) < 4.78 is 5.81. The molecule has 0 saturated heterocycles. The third kappa shape index (κ3) is 1.61. The van der Waals surface area contributed by atoms with Gasteiger partial charge in [0, 0.05) is 18.0 Å². The monoisotopic (exact) mass is 239 g/mol. The van der Waals surface area contributed by atoms with Gasteiger partial charge < -0.3 is 10.1 Å². The van der Waals surface area contributed by atoms with Gasteiger partial charge in [-0.05, 0) is 17.2 Å². The van der Waals surface area contributed by atoms with Crippen LogP contribution < -0.4 is 10.1 Å². The van der Waals surface area contributed by atoms with Gasteiger partial charge in [0.1, 0.15) is 12.4 Å². The second-order valence-electron chi connectivity index (χ2n) is 4.70. The van der Waals surface area contributed by atoms with Crippen LogP contribution in [0.2, 0.25) is 0 Å². The lowest BCUT2D eigenvalue weighted by Crippen LogP contribution is -2.47. The highest BCUT2D eigenvalue weighted by atomic mass is 16.5. The van der Waals surface area contributed by atoms with Crippen molar-refractivity contribution in [3.63, 3.8) is 0 Å². The molecule has 2 atom stereocenters. The summed E-state index contributed by atoms with van der Waals surface area (Å²) in [6.07, 6.45) is 3.90. The van der Waals surface area contributed by atoms with Gasteiger partial charge in [-0.3, -0.25) is 0 Å². The quantitative estimate of drug-likeness (QED) is 0.857. The van der Waals surface area contributed by atoms with E-state index in [0.717, 1.165) is 12.3 Å². The maximum atomic E-state index is 5.81. The van der Waals surface area contributed by atoms with Crippen LogP contribution >= 0.6 is 0 Å². The van der Waals surface area contributed by atoms with Gasteiger partial charge in [0.15, 0.2) is 0 Å². The average molecular weight is 239 g/mol. The summed E-state index contributed by atoms with van der Waals surface area (Å²) in [6, 6.07) is 8.59. The van der Waals surface area contributed by atoms with E-state index in [2.05, 4.69) is 30.6 Å². The molecule has 0 aromatic heterocycles. The molecule has 0 fully saturated rings. The second-order valence-corrected chi connectivity index (χ2v) is 4.70. The summed E-state index contributed by atoms with van der Waals surface area (Å²) in [5.41, 5.74) is 3.77. The number of ether oxygens (including phenoxy) is 1. The zero-order valence-corrected chi connectivity index (χ0v) is 10.4. The van der Waals surface area contributed by atoms with Crippen LogP contribution in [0.25, 0.3) is 0 Å². The van der Waals surface area contributed by atoms with E-state index >= 15 is 0 Å². The number of rotatable bonds is 2. The molecule has 1 aromatic carbocycles. The highest BCUT2D eigenvalue weighted by molar-refractivity contribution is 5.51. The van der Waals surface area contributed by atoms with Crippen LogP contribution in [0.15, 0.2) is 60.7 Å². The van der Waals surface area contributed by atoms with E-state index in [-0.39, 0.29) is 0 Å². The summed E-state index contributed by atoms with van der Waals surface area (Å²) in [5.74, 6) is 1.32. The molecule has 2 heterocycles. The van der Waals surface area contributed by atoms with E-state index in [9.17, 15) is 0 Å². The topological polar surface area (TPSA) is 21.3 Å². The van der Waals surface area contributed by atoms with E-state index in [1.807, 2.05) is 24.3 Å². The van der Waals surface area contributed by atoms with Gasteiger partial charge in [0.05, 0.1) is 6.04 Å². The maximum Gasteiger partial charge on any atom is 0.123 e. The first-order valence-electron chi connectivity index (χ1n) is 6.28. The van der Waals surface area contributed by atoms with E-state index < -0.39 is 0 Å². The molecule has 1 aromatic rings. The highest BCUT2D eigenvalue weighted by Gasteiger charge is 2.35. The minimum absolute atomic E-state index is 0.328. The fraction of sp³-hybridized carbons (Fsp3) is 0.250. The van der Waals surface area contributed by atoms with Crippen LogP contribution in [0, 0.1) is 0 Å². The molecule has 2 aliphatic heterocycles. The van der Waals surface area contributed by atoms with Crippen molar-refractivity contribution in [1.82, 2.24) is 5.32 Å². The summed E-state index contributed by atoms with van der Waals surface area (Å²) in [6.45, 7) is 9.43. The first-order valence-corrected chi connectivity index (χ1v) is 6.28. The fourth-order valence-electron chi connectivity index (χ4n) is 2.91. The first kappa shape index (κ1) is 11.3. The minimum atomic E-state index is 0.328. The van der Waals surface area contributed by atoms with Crippen molar-refractivity contribution in [2.45, 2.75) is 12.0 Å². The molecule has 0 amide bonds. The number of benzene rings is 1. The molecular formula is C16H17NO. The van der Waals surface area contributed by atoms with Gasteiger partial charge in [-0.2, -0.15) is 0 Å². The molecule has 2 nitrogen and oxygen atoms in total. The third-order valence-electron chi connectivity index (χ3n) is 3.80. The summed E-state index contributed by atoms with van der Waals surface area (Å²) in [5, 5.41) is 3.53. The van der Waals surface area contributed by atoms with Crippen molar-refractivity contribution >= 4 is 0 Å². The molecule has 0 spiro atoms. The Morgan fingerprint density at radius 3 is 2.83 bits per heavy atom. The van der Waals surface area contributed by atoms with Crippen LogP contribution in [-0.4, -0.2) is 19.2 Å². The average Bonchev–Trinajstić information content (AvgIpc) is 2.45. The van der Waals surface area contributed by atoms with Gasteiger partial charge in [-0.1, -0.05) is 43.5 Å². The minimum Gasteiger partial charge on any atom is -0.492 e. The molecule has 3 rings (SSSR count). The molecule has 18 heavy (non-hydrogen) atoms. The molecule has 0 aliphatic carbocycles. The molecule has 92 valence electrons. The van der Waals surface area contributed by atoms with E-state index in [1.54, 1.807) is 0 Å². The van der Waals surface area contributed by atoms with Crippen LogP contribution in [-0.2, 0) is 0 Å². The van der Waals surface area contributed by atoms with Crippen molar-refractivity contribution in [3.05, 3.63) is 66.3 Å². The van der Waals surface area contributed by atoms with Crippen molar-refractivity contribution in [2.24, 2.45) is 0 Å². The zero-order valence-electron chi connectivity index (χ0n) is 10.4. The van der Waals surface area contributed by atoms with Gasteiger partial charge >= 0.3 is 0 Å². The number of para-hydroxylation sites is 1. The Hall–Kier alpha value is -1.80. The fourth-order valence-corrected chi connectivity index (χ4v) is 2.91. The number of nitrogens with one attached hydrogen (secondary N) is 1. The Morgan fingerprint density at radius 1 is 1.22 bits per heavy atom. The zero-order chi connectivity index (χ0) is 12.5. The Balaban J connectivity index is 2.15. The number of hydrogen-bond acceptors (Lipinski definition) is 2. The van der Waals surface area contributed by atoms with Gasteiger partial charge in [-0.15, -0.1) is 0 Å². The molecule has 0 bridgehead atoms. The van der Waals surface area contributed by atoms with E-state index in [4.69, 9.17) is 4.74 Å². The Morgan fingerprint density at radius 2 is 2.06 bits per heavy atom. The largest absolute Gasteiger partial charge is 0.492 e. The SMILES string of the molecule is C=CC1=C(C=C)C2c3ccccc3OCC2NC1. The molecule has 2 heteroatoms. The third-order valence-corrected chi connectivity index (χ3v) is 3.80. The molecule has 2 aliphatic rings. The molecule has 0 saturated carbocycles. The number of hydrogen-bond donors (Lipinski definition) is 1. The summed E-state index contributed by atoms with van der Waals surface area (Å²) in [4.78, 5) is 0. The van der Waals surface area contributed by atoms with Crippen LogP contribution in [0.3, 0.4) is 0 Å². The van der Waals surface area contributed by atoms with Crippen LogP contribution in [0.5, 0.6) is 5.75 Å². The second kappa shape index (κ2) is 4.46. The van der Waals surface area contributed by atoms with Crippen LogP contribution in [0.1, 0.15) is 11.5 Å². The summed E-state index contributed by atoms with van der Waals surface area (Å²) >= 11 is 0. The van der Waals surface area contributed by atoms with Gasteiger partial charge in [0.25, 0.3) is 0 Å². The predicted molar refractivity (Wildman–Crippen MR) is 73.9 cm³/mol.